The van der Waals surface area contributed by atoms with E-state index in [0.717, 1.165) is 17.3 Å². The second kappa shape index (κ2) is 11.6. The Morgan fingerprint density at radius 2 is 1.94 bits per heavy atom. The van der Waals surface area contributed by atoms with E-state index in [2.05, 4.69) is 31.5 Å². The van der Waals surface area contributed by atoms with Crippen LogP contribution in [-0.2, 0) is 4.79 Å². The van der Waals surface area contributed by atoms with Gasteiger partial charge >= 0.3 is 5.97 Å². The number of hydrogen-bond donors (Lipinski definition) is 4. The molecule has 0 spiro atoms. The maximum Gasteiger partial charge on any atom is 0.306 e. The first-order chi connectivity index (χ1) is 16.5. The molecule has 1 amide bonds. The Morgan fingerprint density at radius 1 is 1.26 bits per heavy atom. The number of halogens is 2. The number of carboxylic acid groups (broad SMARTS) is 1. The van der Waals surface area contributed by atoms with Crippen LogP contribution in [0.2, 0.25) is 5.02 Å². The summed E-state index contributed by atoms with van der Waals surface area (Å²) in [6.45, 7) is 3.82. The molecular weight excluding hydrogens is 538 g/mol. The number of aliphatic hydroxyl groups is 1. The average molecular weight is 569 g/mol. The Kier molecular flexibility index (Phi) is 9.01. The van der Waals surface area contributed by atoms with E-state index in [1.165, 1.54) is 12.3 Å². The first kappa shape index (κ1) is 27.2. The molecule has 0 aliphatic heterocycles. The van der Waals surface area contributed by atoms with Crippen molar-refractivity contribution in [3.8, 4) is 5.75 Å². The molecule has 1 aliphatic rings. The summed E-state index contributed by atoms with van der Waals surface area (Å²) in [5, 5.41) is 26.3. The molecule has 1 heterocycles. The van der Waals surface area contributed by atoms with E-state index >= 15 is 0 Å². The predicted octanol–water partition coefficient (Wildman–Crippen LogP) is 5.05. The summed E-state index contributed by atoms with van der Waals surface area (Å²) in [4.78, 5) is 28.1. The van der Waals surface area contributed by atoms with Crippen LogP contribution >= 0.6 is 27.5 Å². The first-order valence-electron chi connectivity index (χ1n) is 11.5. The van der Waals surface area contributed by atoms with Crippen LogP contribution in [-0.4, -0.2) is 46.3 Å². The Labute approximate surface area is 218 Å². The number of carbonyl (C=O) groups excluding carboxylic acids is 1. The fourth-order valence-corrected chi connectivity index (χ4v) is 4.92. The van der Waals surface area contributed by atoms with Crippen molar-refractivity contribution in [1.82, 2.24) is 10.3 Å². The van der Waals surface area contributed by atoms with Crippen molar-refractivity contribution in [1.29, 1.82) is 0 Å². The van der Waals surface area contributed by atoms with Crippen molar-refractivity contribution in [2.75, 3.05) is 19.0 Å². The third-order valence-electron chi connectivity index (χ3n) is 6.34. The number of hydrogen-bond acceptors (Lipinski definition) is 6. The zero-order valence-corrected chi connectivity index (χ0v) is 22.3. The number of ether oxygens (including phenoxy) is 1. The molecule has 3 rings (SSSR count). The van der Waals surface area contributed by atoms with Crippen molar-refractivity contribution < 1.29 is 24.5 Å². The fraction of sp³-hybridized carbons (Fsp3) is 0.480. The maximum absolute atomic E-state index is 12.7. The van der Waals surface area contributed by atoms with Gasteiger partial charge in [-0.15, -0.1) is 0 Å². The topological polar surface area (TPSA) is 121 Å². The Hall–Kier alpha value is -2.36. The minimum atomic E-state index is -1.20. The maximum atomic E-state index is 12.7. The Bertz CT molecular complexity index is 1070. The molecule has 2 aromatic rings. The summed E-state index contributed by atoms with van der Waals surface area (Å²) in [6.07, 6.45) is 4.25. The smallest absolute Gasteiger partial charge is 0.306 e. The van der Waals surface area contributed by atoms with Gasteiger partial charge in [-0.2, -0.15) is 0 Å². The lowest BCUT2D eigenvalue weighted by Crippen LogP contribution is -2.35. The molecule has 1 atom stereocenters. The number of benzene rings is 1. The Morgan fingerprint density at radius 3 is 2.51 bits per heavy atom. The van der Waals surface area contributed by atoms with Crippen LogP contribution < -0.4 is 15.4 Å². The van der Waals surface area contributed by atoms with Crippen molar-refractivity contribution in [2.24, 2.45) is 11.8 Å². The molecule has 10 heteroatoms. The van der Waals surface area contributed by atoms with E-state index in [1.807, 2.05) is 12.1 Å². The number of carbonyl (C=O) groups is 2. The number of methoxy groups -OCH3 is 1. The van der Waals surface area contributed by atoms with E-state index in [-0.39, 0.29) is 22.8 Å². The van der Waals surface area contributed by atoms with Crippen molar-refractivity contribution >= 4 is 45.2 Å². The number of aromatic nitrogens is 1. The van der Waals surface area contributed by atoms with Gasteiger partial charge in [0.2, 0.25) is 0 Å². The molecule has 1 aromatic carbocycles. The van der Waals surface area contributed by atoms with Crippen molar-refractivity contribution in [3.05, 3.63) is 51.1 Å². The average Bonchev–Trinajstić information content (AvgIpc) is 2.81. The van der Waals surface area contributed by atoms with Gasteiger partial charge in [0.1, 0.15) is 11.6 Å². The van der Waals surface area contributed by atoms with Crippen LogP contribution in [0.4, 0.5) is 5.82 Å². The molecule has 4 N–H and O–H groups in total. The first-order valence-corrected chi connectivity index (χ1v) is 12.7. The normalized spacial score (nSPS) is 19.0. The van der Waals surface area contributed by atoms with Crippen LogP contribution in [0.15, 0.2) is 34.9 Å². The lowest BCUT2D eigenvalue weighted by atomic mass is 9.82. The third-order valence-corrected chi connectivity index (χ3v) is 7.12. The number of carboxylic acids is 1. The minimum Gasteiger partial charge on any atom is -0.496 e. The summed E-state index contributed by atoms with van der Waals surface area (Å²) in [5.74, 6) is -0.144. The second-order valence-electron chi connectivity index (χ2n) is 9.44. The zero-order chi connectivity index (χ0) is 25.8. The lowest BCUT2D eigenvalue weighted by Gasteiger charge is -2.32. The number of nitrogens with one attached hydrogen (secondary N) is 2. The van der Waals surface area contributed by atoms with Crippen molar-refractivity contribution in [2.45, 2.75) is 51.2 Å². The molecule has 1 saturated carbocycles. The van der Waals surface area contributed by atoms with Gasteiger partial charge in [-0.05, 0) is 69.7 Å². The molecular formula is C25H31BrClN3O5. The summed E-state index contributed by atoms with van der Waals surface area (Å²) in [5.41, 5.74) is -0.166. The molecule has 1 unspecified atom stereocenters. The molecule has 35 heavy (non-hydrogen) atoms. The summed E-state index contributed by atoms with van der Waals surface area (Å²) < 4.78 is 6.31. The third kappa shape index (κ3) is 7.08. The van der Waals surface area contributed by atoms with Gasteiger partial charge in [-0.3, -0.25) is 9.59 Å². The van der Waals surface area contributed by atoms with E-state index in [1.54, 1.807) is 27.0 Å². The van der Waals surface area contributed by atoms with Crippen LogP contribution in [0.5, 0.6) is 5.75 Å². The van der Waals surface area contributed by atoms with E-state index in [0.29, 0.717) is 42.1 Å². The Balaban J connectivity index is 1.69. The molecule has 8 nitrogen and oxygen atoms in total. The van der Waals surface area contributed by atoms with Crippen LogP contribution in [0, 0.1) is 11.8 Å². The molecule has 0 saturated heterocycles. The molecule has 0 radical (unpaired) electrons. The van der Waals surface area contributed by atoms with Gasteiger partial charge < -0.3 is 25.6 Å². The SMILES string of the molecule is COc1ccc(Br)cc1C(Nc1ncc(C(=O)NC[C@H]2CC[C@H](C(=O)O)CC2)cc1Cl)C(C)(C)O. The van der Waals surface area contributed by atoms with E-state index in [9.17, 15) is 14.7 Å². The van der Waals surface area contributed by atoms with Crippen molar-refractivity contribution in [3.63, 3.8) is 0 Å². The minimum absolute atomic E-state index is 0.239. The molecule has 1 aliphatic carbocycles. The highest BCUT2D eigenvalue weighted by molar-refractivity contribution is 9.10. The van der Waals surface area contributed by atoms with Crippen LogP contribution in [0.25, 0.3) is 0 Å². The van der Waals surface area contributed by atoms with Gasteiger partial charge in [0.25, 0.3) is 5.91 Å². The predicted molar refractivity (Wildman–Crippen MR) is 138 cm³/mol. The quantitative estimate of drug-likeness (QED) is 0.334. The number of aliphatic carboxylic acids is 1. The highest BCUT2D eigenvalue weighted by Gasteiger charge is 2.32. The molecule has 190 valence electrons. The highest BCUT2D eigenvalue weighted by atomic mass is 79.9. The fourth-order valence-electron chi connectivity index (χ4n) is 4.32. The van der Waals surface area contributed by atoms with E-state index < -0.39 is 17.6 Å². The molecule has 1 aromatic heterocycles. The number of pyridine rings is 1. The van der Waals surface area contributed by atoms with Crippen LogP contribution in [0.3, 0.4) is 0 Å². The monoisotopic (exact) mass is 567 g/mol. The summed E-state index contributed by atoms with van der Waals surface area (Å²) in [6, 6.07) is 6.43. The number of amides is 1. The zero-order valence-electron chi connectivity index (χ0n) is 20.0. The number of rotatable bonds is 9. The highest BCUT2D eigenvalue weighted by Crippen LogP contribution is 2.38. The van der Waals surface area contributed by atoms with Gasteiger partial charge in [-0.1, -0.05) is 27.5 Å². The second-order valence-corrected chi connectivity index (χ2v) is 10.8. The van der Waals surface area contributed by atoms with Crippen LogP contribution in [0.1, 0.15) is 61.5 Å². The van der Waals surface area contributed by atoms with Gasteiger partial charge in [0.05, 0.1) is 35.3 Å². The van der Waals surface area contributed by atoms with Gasteiger partial charge in [0, 0.05) is 22.8 Å². The summed E-state index contributed by atoms with van der Waals surface area (Å²) >= 11 is 9.93. The summed E-state index contributed by atoms with van der Waals surface area (Å²) in [7, 11) is 1.56. The molecule has 0 bridgehead atoms. The van der Waals surface area contributed by atoms with E-state index in [4.69, 9.17) is 21.4 Å². The molecule has 1 fully saturated rings. The number of anilines is 1. The standard InChI is InChI=1S/C25H31BrClN3O5/c1-25(2,34)21(18-11-17(26)8-9-20(18)35-3)30-22-19(27)10-16(13-28-22)23(31)29-12-14-4-6-15(7-5-14)24(32)33/h8-11,13-15,21,34H,4-7,12H2,1-3H3,(H,28,30)(H,29,31)(H,32,33)/t14-,15-,21?. The van der Waals surface area contributed by atoms with Gasteiger partial charge in [-0.25, -0.2) is 4.98 Å². The number of nitrogens with zero attached hydrogens (tertiary/aromatic N) is 1. The lowest BCUT2D eigenvalue weighted by molar-refractivity contribution is -0.143. The van der Waals surface area contributed by atoms with Gasteiger partial charge in [0.15, 0.2) is 0 Å². The largest absolute Gasteiger partial charge is 0.496 e.